The van der Waals surface area contributed by atoms with Crippen LogP contribution in [-0.2, 0) is 16.8 Å². The molecular formula is C24H26Cl2N2O2. The second-order valence-electron chi connectivity index (χ2n) is 8.89. The molecule has 2 fully saturated rings. The van der Waals surface area contributed by atoms with Crippen LogP contribution in [0.25, 0.3) is 0 Å². The molecule has 1 saturated carbocycles. The molecule has 30 heavy (non-hydrogen) atoms. The lowest BCUT2D eigenvalue weighted by molar-refractivity contribution is -0.119. The molecule has 6 heteroatoms. The lowest BCUT2D eigenvalue weighted by Crippen LogP contribution is -2.46. The summed E-state index contributed by atoms with van der Waals surface area (Å²) in [5, 5.41) is 1.20. The topological polar surface area (TPSA) is 32.8 Å². The second kappa shape index (κ2) is 7.74. The molecule has 0 atom stereocenters. The molecule has 2 aromatic rings. The molecular weight excluding hydrogens is 419 g/mol. The summed E-state index contributed by atoms with van der Waals surface area (Å²) in [5.41, 5.74) is 3.57. The highest BCUT2D eigenvalue weighted by Crippen LogP contribution is 2.50. The molecule has 5 rings (SSSR count). The summed E-state index contributed by atoms with van der Waals surface area (Å²) in [6.07, 6.45) is 4.13. The number of carbonyl (C=O) groups excluding carboxylic acids is 1. The summed E-state index contributed by atoms with van der Waals surface area (Å²) in [4.78, 5) is 17.5. The molecule has 2 aromatic carbocycles. The van der Waals surface area contributed by atoms with Gasteiger partial charge in [-0.2, -0.15) is 0 Å². The van der Waals surface area contributed by atoms with E-state index in [2.05, 4.69) is 21.9 Å². The SMILES string of the molecule is COc1ccc2c(c1)C1(CCN(Cc3ccc(Cl)c(Cl)c3)CC1)CN2C(=O)C1CC1. The first-order chi connectivity index (χ1) is 14.5. The summed E-state index contributed by atoms with van der Waals surface area (Å²) in [7, 11) is 1.70. The lowest BCUT2D eigenvalue weighted by atomic mass is 9.74. The Morgan fingerprint density at radius 3 is 2.53 bits per heavy atom. The summed E-state index contributed by atoms with van der Waals surface area (Å²) >= 11 is 12.2. The molecule has 4 nitrogen and oxygen atoms in total. The predicted molar refractivity (Wildman–Crippen MR) is 121 cm³/mol. The van der Waals surface area contributed by atoms with Gasteiger partial charge in [-0.3, -0.25) is 9.69 Å². The summed E-state index contributed by atoms with van der Waals surface area (Å²) in [6, 6.07) is 12.1. The number of fused-ring (bicyclic) bond motifs is 2. The van der Waals surface area contributed by atoms with Gasteiger partial charge in [-0.25, -0.2) is 0 Å². The van der Waals surface area contributed by atoms with E-state index in [1.54, 1.807) is 7.11 Å². The van der Waals surface area contributed by atoms with Crippen molar-refractivity contribution in [3.63, 3.8) is 0 Å². The van der Waals surface area contributed by atoms with Crippen molar-refractivity contribution in [2.45, 2.75) is 37.6 Å². The Balaban J connectivity index is 1.36. The molecule has 0 aromatic heterocycles. The van der Waals surface area contributed by atoms with Gasteiger partial charge in [0.1, 0.15) is 5.75 Å². The molecule has 0 N–H and O–H groups in total. The van der Waals surface area contributed by atoms with Gasteiger partial charge >= 0.3 is 0 Å². The van der Waals surface area contributed by atoms with Crippen LogP contribution in [0, 0.1) is 5.92 Å². The van der Waals surface area contributed by atoms with E-state index in [0.29, 0.717) is 16.0 Å². The van der Waals surface area contributed by atoms with Crippen molar-refractivity contribution in [1.82, 2.24) is 4.90 Å². The Labute approximate surface area is 187 Å². The number of methoxy groups -OCH3 is 1. The number of ether oxygens (including phenoxy) is 1. The van der Waals surface area contributed by atoms with Crippen molar-refractivity contribution in [1.29, 1.82) is 0 Å². The Morgan fingerprint density at radius 1 is 1.10 bits per heavy atom. The Bertz CT molecular complexity index is 981. The van der Waals surface area contributed by atoms with E-state index in [1.807, 2.05) is 24.3 Å². The van der Waals surface area contributed by atoms with Crippen LogP contribution in [0.4, 0.5) is 5.69 Å². The number of rotatable bonds is 4. The first kappa shape index (κ1) is 20.2. The zero-order chi connectivity index (χ0) is 20.9. The highest BCUT2D eigenvalue weighted by atomic mass is 35.5. The molecule has 3 aliphatic rings. The number of hydrogen-bond donors (Lipinski definition) is 0. The fourth-order valence-electron chi connectivity index (χ4n) is 4.99. The van der Waals surface area contributed by atoms with Crippen LogP contribution in [0.3, 0.4) is 0 Å². The molecule has 2 aliphatic heterocycles. The van der Waals surface area contributed by atoms with E-state index in [0.717, 1.165) is 63.3 Å². The van der Waals surface area contributed by atoms with Gasteiger partial charge < -0.3 is 9.64 Å². The van der Waals surface area contributed by atoms with Crippen molar-refractivity contribution >= 4 is 34.8 Å². The standard InChI is InChI=1S/C24H26Cl2N2O2/c1-30-18-5-7-22-19(13-18)24(15-28(22)23(29)17-3-4-17)8-10-27(11-9-24)14-16-2-6-20(25)21(26)12-16/h2,5-7,12-13,17H,3-4,8-11,14-15H2,1H3. The fourth-order valence-corrected chi connectivity index (χ4v) is 5.31. The van der Waals surface area contributed by atoms with Crippen molar-refractivity contribution < 1.29 is 9.53 Å². The number of nitrogens with zero attached hydrogens (tertiary/aromatic N) is 2. The monoisotopic (exact) mass is 444 g/mol. The van der Waals surface area contributed by atoms with Crippen molar-refractivity contribution in [3.8, 4) is 5.75 Å². The number of benzene rings is 2. The number of carbonyl (C=O) groups is 1. The number of halogens is 2. The lowest BCUT2D eigenvalue weighted by Gasteiger charge is -2.40. The quantitative estimate of drug-likeness (QED) is 0.641. The minimum absolute atomic E-state index is 0.0164. The maximum atomic E-state index is 13.0. The third-order valence-corrected chi connectivity index (χ3v) is 7.66. The van der Waals surface area contributed by atoms with Gasteiger partial charge in [0.05, 0.1) is 17.2 Å². The van der Waals surface area contributed by atoms with Gasteiger partial charge in [-0.1, -0.05) is 29.3 Å². The van der Waals surface area contributed by atoms with Crippen molar-refractivity contribution in [2.75, 3.05) is 31.6 Å². The maximum Gasteiger partial charge on any atom is 0.230 e. The predicted octanol–water partition coefficient (Wildman–Crippen LogP) is 5.29. The normalized spacial score (nSPS) is 20.4. The van der Waals surface area contributed by atoms with Gasteiger partial charge in [0.2, 0.25) is 5.91 Å². The Kier molecular flexibility index (Phi) is 5.20. The van der Waals surface area contributed by atoms with Gasteiger partial charge in [-0.15, -0.1) is 0 Å². The maximum absolute atomic E-state index is 13.0. The Morgan fingerprint density at radius 2 is 1.87 bits per heavy atom. The van der Waals surface area contributed by atoms with Crippen molar-refractivity contribution in [3.05, 3.63) is 57.6 Å². The zero-order valence-electron chi connectivity index (χ0n) is 17.2. The third-order valence-electron chi connectivity index (χ3n) is 6.92. The molecule has 0 radical (unpaired) electrons. The summed E-state index contributed by atoms with van der Waals surface area (Å²) in [5.74, 6) is 1.40. The average molecular weight is 445 g/mol. The largest absolute Gasteiger partial charge is 0.497 e. The van der Waals surface area contributed by atoms with Crippen LogP contribution in [0.1, 0.15) is 36.8 Å². The zero-order valence-corrected chi connectivity index (χ0v) is 18.7. The number of amides is 1. The molecule has 0 unspecified atom stereocenters. The van der Waals surface area contributed by atoms with E-state index in [4.69, 9.17) is 27.9 Å². The van der Waals surface area contributed by atoms with Gasteiger partial charge in [0.15, 0.2) is 0 Å². The summed E-state index contributed by atoms with van der Waals surface area (Å²) in [6.45, 7) is 3.64. The summed E-state index contributed by atoms with van der Waals surface area (Å²) < 4.78 is 5.51. The first-order valence-electron chi connectivity index (χ1n) is 10.7. The molecule has 1 amide bonds. The van der Waals surface area contributed by atoms with Gasteiger partial charge in [-0.05, 0) is 80.2 Å². The molecule has 1 spiro atoms. The van der Waals surface area contributed by atoms with E-state index in [-0.39, 0.29) is 11.3 Å². The highest BCUT2D eigenvalue weighted by molar-refractivity contribution is 6.42. The van der Waals surface area contributed by atoms with E-state index >= 15 is 0 Å². The van der Waals surface area contributed by atoms with E-state index < -0.39 is 0 Å². The third kappa shape index (κ3) is 3.59. The minimum atomic E-state index is 0.0164. The van der Waals surface area contributed by atoms with E-state index in [1.165, 1.54) is 11.1 Å². The number of hydrogen-bond acceptors (Lipinski definition) is 3. The molecule has 1 saturated heterocycles. The van der Waals surface area contributed by atoms with Crippen molar-refractivity contribution in [2.24, 2.45) is 5.92 Å². The van der Waals surface area contributed by atoms with Crippen LogP contribution in [0.2, 0.25) is 10.0 Å². The molecule has 0 bridgehead atoms. The first-order valence-corrected chi connectivity index (χ1v) is 11.4. The Hall–Kier alpha value is -1.75. The molecule has 2 heterocycles. The number of anilines is 1. The van der Waals surface area contributed by atoms with Crippen LogP contribution >= 0.6 is 23.2 Å². The number of piperidine rings is 1. The van der Waals surface area contributed by atoms with E-state index in [9.17, 15) is 4.79 Å². The average Bonchev–Trinajstić information content (AvgIpc) is 3.56. The number of likely N-dealkylation sites (tertiary alicyclic amines) is 1. The van der Waals surface area contributed by atoms with Crippen LogP contribution in [-0.4, -0.2) is 37.6 Å². The second-order valence-corrected chi connectivity index (χ2v) is 9.70. The minimum Gasteiger partial charge on any atom is -0.497 e. The highest BCUT2D eigenvalue weighted by Gasteiger charge is 2.48. The molecule has 1 aliphatic carbocycles. The fraction of sp³-hybridized carbons (Fsp3) is 0.458. The van der Waals surface area contributed by atoms with Gasteiger partial charge in [0, 0.05) is 30.1 Å². The van der Waals surface area contributed by atoms with Gasteiger partial charge in [0.25, 0.3) is 0 Å². The van der Waals surface area contributed by atoms with Crippen LogP contribution < -0.4 is 9.64 Å². The molecule has 158 valence electrons. The van der Waals surface area contributed by atoms with Crippen LogP contribution in [0.15, 0.2) is 36.4 Å². The smallest absolute Gasteiger partial charge is 0.230 e. The van der Waals surface area contributed by atoms with Crippen LogP contribution in [0.5, 0.6) is 5.75 Å².